The van der Waals surface area contributed by atoms with Gasteiger partial charge in [-0.1, -0.05) is 6.07 Å². The van der Waals surface area contributed by atoms with E-state index < -0.39 is 0 Å². The maximum atomic E-state index is 4.27. The quantitative estimate of drug-likeness (QED) is 0.941. The second-order valence-electron chi connectivity index (χ2n) is 5.15. The first kappa shape index (κ1) is 12.9. The number of halogens is 1. The normalized spacial score (nSPS) is 19.5. The Morgan fingerprint density at radius 2 is 2.37 bits per heavy atom. The van der Waals surface area contributed by atoms with E-state index in [1.165, 1.54) is 24.9 Å². The Kier molecular flexibility index (Phi) is 3.99. The van der Waals surface area contributed by atoms with Gasteiger partial charge in [-0.15, -0.1) is 0 Å². The Hall–Kier alpha value is -1.13. The molecule has 100 valence electrons. The van der Waals surface area contributed by atoms with Crippen LogP contribution in [-0.4, -0.2) is 22.9 Å². The van der Waals surface area contributed by atoms with E-state index >= 15 is 0 Å². The van der Waals surface area contributed by atoms with Gasteiger partial charge >= 0.3 is 0 Å². The third kappa shape index (κ3) is 3.07. The molecule has 1 aliphatic heterocycles. The molecular weight excluding hydrogens is 302 g/mol. The fourth-order valence-corrected chi connectivity index (χ4v) is 3.31. The molecule has 0 saturated carbocycles. The van der Waals surface area contributed by atoms with Crippen molar-refractivity contribution in [2.45, 2.75) is 19.3 Å². The summed E-state index contributed by atoms with van der Waals surface area (Å²) in [4.78, 5) is 0. The minimum Gasteiger partial charge on any atom is -0.316 e. The SMILES string of the molecule is Brc1cc(CC2CCCNC2)ccc1-n1cccn1. The van der Waals surface area contributed by atoms with Crippen molar-refractivity contribution in [1.82, 2.24) is 15.1 Å². The van der Waals surface area contributed by atoms with E-state index in [4.69, 9.17) is 0 Å². The number of benzene rings is 1. The number of hydrogen-bond acceptors (Lipinski definition) is 2. The summed E-state index contributed by atoms with van der Waals surface area (Å²) in [6, 6.07) is 8.53. The van der Waals surface area contributed by atoms with E-state index in [0.717, 1.165) is 29.0 Å². The Morgan fingerprint density at radius 1 is 1.42 bits per heavy atom. The zero-order chi connectivity index (χ0) is 13.1. The monoisotopic (exact) mass is 319 g/mol. The van der Waals surface area contributed by atoms with Gasteiger partial charge in [0.05, 0.1) is 5.69 Å². The van der Waals surface area contributed by atoms with Crippen LogP contribution >= 0.6 is 15.9 Å². The third-order valence-corrected chi connectivity index (χ3v) is 4.32. The zero-order valence-corrected chi connectivity index (χ0v) is 12.4. The van der Waals surface area contributed by atoms with E-state index in [9.17, 15) is 0 Å². The molecule has 0 amide bonds. The van der Waals surface area contributed by atoms with Crippen molar-refractivity contribution >= 4 is 15.9 Å². The largest absolute Gasteiger partial charge is 0.316 e. The molecule has 3 rings (SSSR count). The lowest BCUT2D eigenvalue weighted by Crippen LogP contribution is -2.30. The van der Waals surface area contributed by atoms with Crippen molar-refractivity contribution in [3.63, 3.8) is 0 Å². The molecule has 1 atom stereocenters. The highest BCUT2D eigenvalue weighted by atomic mass is 79.9. The smallest absolute Gasteiger partial charge is 0.0787 e. The molecule has 1 unspecified atom stereocenters. The van der Waals surface area contributed by atoms with Gasteiger partial charge in [-0.05, 0) is 78.0 Å². The molecule has 1 aromatic carbocycles. The Bertz CT molecular complexity index is 530. The maximum Gasteiger partial charge on any atom is 0.0787 e. The van der Waals surface area contributed by atoms with Crippen LogP contribution in [0.3, 0.4) is 0 Å². The first-order chi connectivity index (χ1) is 9.33. The second-order valence-corrected chi connectivity index (χ2v) is 6.01. The lowest BCUT2D eigenvalue weighted by molar-refractivity contribution is 0.376. The summed E-state index contributed by atoms with van der Waals surface area (Å²) < 4.78 is 2.99. The van der Waals surface area contributed by atoms with E-state index in [2.05, 4.69) is 44.5 Å². The van der Waals surface area contributed by atoms with Gasteiger partial charge in [0.2, 0.25) is 0 Å². The third-order valence-electron chi connectivity index (χ3n) is 3.69. The molecule has 1 aliphatic rings. The van der Waals surface area contributed by atoms with Crippen LogP contribution in [0.15, 0.2) is 41.1 Å². The van der Waals surface area contributed by atoms with Crippen molar-refractivity contribution in [3.8, 4) is 5.69 Å². The van der Waals surface area contributed by atoms with Crippen molar-refractivity contribution in [3.05, 3.63) is 46.7 Å². The van der Waals surface area contributed by atoms with Gasteiger partial charge in [-0.3, -0.25) is 0 Å². The fourth-order valence-electron chi connectivity index (χ4n) is 2.71. The molecule has 1 N–H and O–H groups in total. The molecule has 19 heavy (non-hydrogen) atoms. The highest BCUT2D eigenvalue weighted by Gasteiger charge is 2.14. The van der Waals surface area contributed by atoms with Crippen molar-refractivity contribution in [2.24, 2.45) is 5.92 Å². The predicted octanol–water partition coefficient (Wildman–Crippen LogP) is 3.18. The molecule has 2 aromatic rings. The summed E-state index contributed by atoms with van der Waals surface area (Å²) in [5, 5.41) is 7.75. The van der Waals surface area contributed by atoms with Crippen molar-refractivity contribution in [2.75, 3.05) is 13.1 Å². The summed E-state index contributed by atoms with van der Waals surface area (Å²) in [6.07, 6.45) is 7.56. The first-order valence-corrected chi connectivity index (χ1v) is 7.61. The molecule has 0 radical (unpaired) electrons. The lowest BCUT2D eigenvalue weighted by Gasteiger charge is -2.22. The molecule has 0 aliphatic carbocycles. The number of aromatic nitrogens is 2. The van der Waals surface area contributed by atoms with Crippen LogP contribution in [0.25, 0.3) is 5.69 Å². The van der Waals surface area contributed by atoms with Crippen LogP contribution in [0, 0.1) is 5.92 Å². The fraction of sp³-hybridized carbons (Fsp3) is 0.400. The molecule has 3 nitrogen and oxygen atoms in total. The van der Waals surface area contributed by atoms with Gasteiger partial charge < -0.3 is 5.32 Å². The van der Waals surface area contributed by atoms with Gasteiger partial charge in [0.25, 0.3) is 0 Å². The summed E-state index contributed by atoms with van der Waals surface area (Å²) >= 11 is 3.66. The number of rotatable bonds is 3. The van der Waals surface area contributed by atoms with E-state index in [1.54, 1.807) is 6.20 Å². The van der Waals surface area contributed by atoms with Gasteiger partial charge in [0.15, 0.2) is 0 Å². The topological polar surface area (TPSA) is 29.9 Å². The Labute approximate surface area is 122 Å². The van der Waals surface area contributed by atoms with Gasteiger partial charge in [0.1, 0.15) is 0 Å². The first-order valence-electron chi connectivity index (χ1n) is 6.82. The second kappa shape index (κ2) is 5.88. The number of piperidine rings is 1. The lowest BCUT2D eigenvalue weighted by atomic mass is 9.92. The van der Waals surface area contributed by atoms with E-state index in [-0.39, 0.29) is 0 Å². The number of nitrogens with zero attached hydrogens (tertiary/aromatic N) is 2. The summed E-state index contributed by atoms with van der Waals surface area (Å²) in [5.74, 6) is 0.774. The highest BCUT2D eigenvalue weighted by Crippen LogP contribution is 2.24. The zero-order valence-electron chi connectivity index (χ0n) is 10.8. The minimum absolute atomic E-state index is 0.774. The van der Waals surface area contributed by atoms with E-state index in [0.29, 0.717) is 0 Å². The molecule has 0 spiro atoms. The predicted molar refractivity (Wildman–Crippen MR) is 80.6 cm³/mol. The van der Waals surface area contributed by atoms with Crippen LogP contribution in [0.2, 0.25) is 0 Å². The molecular formula is C15H18BrN3. The Balaban J connectivity index is 1.75. The van der Waals surface area contributed by atoms with Crippen molar-refractivity contribution < 1.29 is 0 Å². The molecule has 1 fully saturated rings. The average molecular weight is 320 g/mol. The van der Waals surface area contributed by atoms with Crippen LogP contribution in [0.5, 0.6) is 0 Å². The maximum absolute atomic E-state index is 4.27. The van der Waals surface area contributed by atoms with E-state index in [1.807, 2.05) is 16.9 Å². The number of nitrogens with one attached hydrogen (secondary N) is 1. The van der Waals surface area contributed by atoms with Crippen LogP contribution in [0.1, 0.15) is 18.4 Å². The van der Waals surface area contributed by atoms with Gasteiger partial charge in [-0.25, -0.2) is 4.68 Å². The summed E-state index contributed by atoms with van der Waals surface area (Å²) in [6.45, 7) is 2.33. The molecule has 1 aromatic heterocycles. The molecule has 0 bridgehead atoms. The minimum atomic E-state index is 0.774. The standard InChI is InChI=1S/C15H18BrN3/c16-14-10-12(9-13-3-1-6-17-11-13)4-5-15(14)19-8-2-7-18-19/h2,4-5,7-8,10,13,17H,1,3,6,9,11H2. The van der Waals surface area contributed by atoms with Crippen LogP contribution < -0.4 is 5.32 Å². The van der Waals surface area contributed by atoms with Crippen LogP contribution in [0.4, 0.5) is 0 Å². The summed E-state index contributed by atoms with van der Waals surface area (Å²) in [7, 11) is 0. The average Bonchev–Trinajstić information content (AvgIpc) is 2.94. The van der Waals surface area contributed by atoms with Gasteiger partial charge in [-0.2, -0.15) is 5.10 Å². The van der Waals surface area contributed by atoms with Gasteiger partial charge in [0, 0.05) is 16.9 Å². The molecule has 2 heterocycles. The molecule has 1 saturated heterocycles. The molecule has 4 heteroatoms. The number of hydrogen-bond donors (Lipinski definition) is 1. The van der Waals surface area contributed by atoms with Crippen molar-refractivity contribution in [1.29, 1.82) is 0 Å². The van der Waals surface area contributed by atoms with Crippen LogP contribution in [-0.2, 0) is 6.42 Å². The summed E-state index contributed by atoms with van der Waals surface area (Å²) in [5.41, 5.74) is 2.49. The Morgan fingerprint density at radius 3 is 3.05 bits per heavy atom. The highest BCUT2D eigenvalue weighted by molar-refractivity contribution is 9.10.